The number of nitrogens with two attached hydrogens (primary N) is 1. The van der Waals surface area contributed by atoms with Crippen molar-refractivity contribution in [2.75, 3.05) is 12.5 Å². The van der Waals surface area contributed by atoms with Gasteiger partial charge in [0.2, 0.25) is 20.9 Å². The Morgan fingerprint density at radius 1 is 1.09 bits per heavy atom. The molecular weight excluding hydrogens is 330 g/mol. The molecule has 1 amide bonds. The largest absolute Gasteiger partial charge is 0.369 e. The molecule has 1 atom stereocenters. The molecule has 0 aliphatic heterocycles. The summed E-state index contributed by atoms with van der Waals surface area (Å²) in [7, 11) is -7.58. The molecule has 1 aliphatic rings. The van der Waals surface area contributed by atoms with Gasteiger partial charge in [-0.2, -0.15) is 0 Å². The average Bonchev–Trinajstić information content (AvgIpc) is 2.57. The molecule has 0 saturated carbocycles. The standard InChI is InChI=1S/C12H17N3O5S2/c1-21(17,18)11-8-6-4-3-5-7(10(13)16)9(8)14-12(15-11)22(2,19)20/h7H,3-6H2,1-2H3,(H2,13,16). The van der Waals surface area contributed by atoms with Crippen LogP contribution < -0.4 is 5.73 Å². The second-order valence-electron chi connectivity index (χ2n) is 5.42. The highest BCUT2D eigenvalue weighted by molar-refractivity contribution is 7.91. The first-order valence-electron chi connectivity index (χ1n) is 6.62. The van der Waals surface area contributed by atoms with Gasteiger partial charge in [0, 0.05) is 18.1 Å². The zero-order valence-corrected chi connectivity index (χ0v) is 13.9. The van der Waals surface area contributed by atoms with Gasteiger partial charge in [0.05, 0.1) is 11.6 Å². The van der Waals surface area contributed by atoms with E-state index in [9.17, 15) is 21.6 Å². The van der Waals surface area contributed by atoms with Gasteiger partial charge in [-0.25, -0.2) is 26.8 Å². The number of hydrogen-bond donors (Lipinski definition) is 1. The Hall–Kier alpha value is -1.55. The van der Waals surface area contributed by atoms with E-state index in [0.29, 0.717) is 31.2 Å². The highest BCUT2D eigenvalue weighted by atomic mass is 32.2. The second-order valence-corrected chi connectivity index (χ2v) is 9.26. The van der Waals surface area contributed by atoms with Gasteiger partial charge >= 0.3 is 0 Å². The molecule has 1 aliphatic carbocycles. The Morgan fingerprint density at radius 2 is 1.73 bits per heavy atom. The molecule has 0 fully saturated rings. The molecule has 10 heteroatoms. The zero-order chi connectivity index (χ0) is 16.7. The van der Waals surface area contributed by atoms with Crippen LogP contribution in [0, 0.1) is 0 Å². The minimum Gasteiger partial charge on any atom is -0.369 e. The Balaban J connectivity index is 2.87. The van der Waals surface area contributed by atoms with Crippen LogP contribution in [0.2, 0.25) is 0 Å². The summed E-state index contributed by atoms with van der Waals surface area (Å²) in [6.45, 7) is 0. The Morgan fingerprint density at radius 3 is 2.23 bits per heavy atom. The van der Waals surface area contributed by atoms with Gasteiger partial charge in [0.1, 0.15) is 0 Å². The molecular formula is C12H17N3O5S2. The molecule has 22 heavy (non-hydrogen) atoms. The number of sulfone groups is 2. The molecule has 1 aromatic heterocycles. The van der Waals surface area contributed by atoms with E-state index in [1.807, 2.05) is 0 Å². The molecule has 2 N–H and O–H groups in total. The van der Waals surface area contributed by atoms with Gasteiger partial charge in [-0.3, -0.25) is 4.79 Å². The van der Waals surface area contributed by atoms with E-state index >= 15 is 0 Å². The maximum atomic E-state index is 12.0. The first kappa shape index (κ1) is 16.8. The normalized spacial score (nSPS) is 19.3. The van der Waals surface area contributed by atoms with E-state index in [-0.39, 0.29) is 10.7 Å². The minimum atomic E-state index is -3.82. The Bertz CT molecular complexity index is 831. The number of primary amides is 1. The summed E-state index contributed by atoms with van der Waals surface area (Å²) in [5.74, 6) is -1.46. The number of nitrogens with zero attached hydrogens (tertiary/aromatic N) is 2. The second kappa shape index (κ2) is 5.58. The van der Waals surface area contributed by atoms with Crippen LogP contribution in [0.3, 0.4) is 0 Å². The van der Waals surface area contributed by atoms with Crippen LogP contribution in [0.4, 0.5) is 0 Å². The smallest absolute Gasteiger partial charge is 0.248 e. The maximum absolute atomic E-state index is 12.0. The zero-order valence-electron chi connectivity index (χ0n) is 12.2. The minimum absolute atomic E-state index is 0.126. The number of aromatic nitrogens is 2. The fourth-order valence-corrected chi connectivity index (χ4v) is 4.00. The SMILES string of the molecule is CS(=O)(=O)c1nc2c(c(S(C)(=O)=O)n1)CCCCC2C(N)=O. The molecule has 122 valence electrons. The van der Waals surface area contributed by atoms with Crippen LogP contribution >= 0.6 is 0 Å². The summed E-state index contributed by atoms with van der Waals surface area (Å²) in [5.41, 5.74) is 5.80. The quantitative estimate of drug-likeness (QED) is 0.445. The van der Waals surface area contributed by atoms with Gasteiger partial charge in [-0.15, -0.1) is 0 Å². The van der Waals surface area contributed by atoms with Gasteiger partial charge < -0.3 is 5.73 Å². The van der Waals surface area contributed by atoms with Gasteiger partial charge in [0.25, 0.3) is 0 Å². The highest BCUT2D eigenvalue weighted by Crippen LogP contribution is 2.32. The molecule has 0 spiro atoms. The first-order chi connectivity index (χ1) is 10.0. The summed E-state index contributed by atoms with van der Waals surface area (Å²) >= 11 is 0. The van der Waals surface area contributed by atoms with Crippen molar-refractivity contribution >= 4 is 25.6 Å². The molecule has 0 radical (unpaired) electrons. The molecule has 1 aromatic rings. The number of amides is 1. The first-order valence-corrected chi connectivity index (χ1v) is 10.4. The lowest BCUT2D eigenvalue weighted by molar-refractivity contribution is -0.119. The van der Waals surface area contributed by atoms with Crippen molar-refractivity contribution in [2.24, 2.45) is 5.73 Å². The molecule has 8 nitrogen and oxygen atoms in total. The highest BCUT2D eigenvalue weighted by Gasteiger charge is 2.32. The van der Waals surface area contributed by atoms with Gasteiger partial charge in [0.15, 0.2) is 14.9 Å². The van der Waals surface area contributed by atoms with Crippen molar-refractivity contribution in [3.8, 4) is 0 Å². The molecule has 0 saturated heterocycles. The van der Waals surface area contributed by atoms with Crippen molar-refractivity contribution in [1.29, 1.82) is 0 Å². The Kier molecular flexibility index (Phi) is 4.26. The van der Waals surface area contributed by atoms with Crippen molar-refractivity contribution in [1.82, 2.24) is 9.97 Å². The summed E-state index contributed by atoms with van der Waals surface area (Å²) in [6.07, 6.45) is 3.93. The van der Waals surface area contributed by atoms with Crippen molar-refractivity contribution in [2.45, 2.75) is 41.8 Å². The topological polar surface area (TPSA) is 137 Å². The van der Waals surface area contributed by atoms with Gasteiger partial charge in [-0.1, -0.05) is 6.42 Å². The average molecular weight is 347 g/mol. The molecule has 1 unspecified atom stereocenters. The lowest BCUT2D eigenvalue weighted by atomic mass is 9.98. The third kappa shape index (κ3) is 3.27. The number of hydrogen-bond acceptors (Lipinski definition) is 7. The van der Waals surface area contributed by atoms with Crippen molar-refractivity contribution < 1.29 is 21.6 Å². The third-order valence-electron chi connectivity index (χ3n) is 3.51. The summed E-state index contributed by atoms with van der Waals surface area (Å²) in [6, 6.07) is 0. The fourth-order valence-electron chi connectivity index (χ4n) is 2.52. The molecule has 1 heterocycles. The number of fused-ring (bicyclic) bond motifs is 1. The van der Waals surface area contributed by atoms with Crippen LogP contribution in [0.1, 0.15) is 36.4 Å². The van der Waals surface area contributed by atoms with Gasteiger partial charge in [-0.05, 0) is 19.3 Å². The van der Waals surface area contributed by atoms with E-state index in [2.05, 4.69) is 9.97 Å². The fraction of sp³-hybridized carbons (Fsp3) is 0.583. The van der Waals surface area contributed by atoms with Crippen LogP contribution in [-0.2, 0) is 30.9 Å². The van der Waals surface area contributed by atoms with E-state index in [0.717, 1.165) is 12.5 Å². The van der Waals surface area contributed by atoms with Crippen molar-refractivity contribution in [3.63, 3.8) is 0 Å². The molecule has 0 bridgehead atoms. The monoisotopic (exact) mass is 347 g/mol. The number of carbonyl (C=O) groups excluding carboxylic acids is 1. The predicted molar refractivity (Wildman–Crippen MR) is 77.7 cm³/mol. The van der Waals surface area contributed by atoms with Crippen LogP contribution in [0.25, 0.3) is 0 Å². The van der Waals surface area contributed by atoms with Crippen LogP contribution in [0.5, 0.6) is 0 Å². The van der Waals surface area contributed by atoms with E-state index in [4.69, 9.17) is 5.73 Å². The molecule has 0 aromatic carbocycles. The molecule has 2 rings (SSSR count). The summed E-state index contributed by atoms with van der Waals surface area (Å²) in [5, 5.41) is -0.925. The van der Waals surface area contributed by atoms with Crippen LogP contribution in [0.15, 0.2) is 10.2 Å². The number of carbonyl (C=O) groups is 1. The van der Waals surface area contributed by atoms with Crippen LogP contribution in [-0.4, -0.2) is 45.2 Å². The number of rotatable bonds is 3. The van der Waals surface area contributed by atoms with E-state index in [1.165, 1.54) is 0 Å². The maximum Gasteiger partial charge on any atom is 0.248 e. The predicted octanol–water partition coefficient (Wildman–Crippen LogP) is -0.421. The summed E-state index contributed by atoms with van der Waals surface area (Å²) < 4.78 is 47.4. The van der Waals surface area contributed by atoms with E-state index in [1.54, 1.807) is 0 Å². The third-order valence-corrected chi connectivity index (χ3v) is 5.39. The van der Waals surface area contributed by atoms with E-state index < -0.39 is 36.7 Å². The lowest BCUT2D eigenvalue weighted by Gasteiger charge is -2.16. The Labute approximate surface area is 129 Å². The van der Waals surface area contributed by atoms with Crippen molar-refractivity contribution in [3.05, 3.63) is 11.3 Å². The lowest BCUT2D eigenvalue weighted by Crippen LogP contribution is -2.25. The summed E-state index contributed by atoms with van der Waals surface area (Å²) in [4.78, 5) is 19.3.